The number of hydrogen-bond acceptors (Lipinski definition) is 3. The second-order valence-corrected chi connectivity index (χ2v) is 3.11. The molecule has 0 aromatic heterocycles. The van der Waals surface area contributed by atoms with Crippen LogP contribution in [0.15, 0.2) is 37.3 Å². The first-order valence-electron chi connectivity index (χ1n) is 4.63. The third kappa shape index (κ3) is 3.09. The van der Waals surface area contributed by atoms with Gasteiger partial charge in [-0.15, -0.1) is 0 Å². The van der Waals surface area contributed by atoms with Crippen molar-refractivity contribution in [3.63, 3.8) is 0 Å². The average Bonchev–Trinajstić information content (AvgIpc) is 2.63. The van der Waals surface area contributed by atoms with Gasteiger partial charge >= 0.3 is 5.97 Å². The van der Waals surface area contributed by atoms with Crippen LogP contribution in [0.4, 0.5) is 0 Å². The summed E-state index contributed by atoms with van der Waals surface area (Å²) in [6.45, 7) is 7.50. The van der Waals surface area contributed by atoms with Crippen LogP contribution in [0.25, 0.3) is 0 Å². The first-order valence-corrected chi connectivity index (χ1v) is 4.63. The van der Waals surface area contributed by atoms with Crippen LogP contribution >= 0.6 is 0 Å². The number of amides is 1. The minimum Gasteiger partial charge on any atom is -0.429 e. The molecule has 0 spiro atoms. The Kier molecular flexibility index (Phi) is 3.85. The smallest absolute Gasteiger partial charge is 0.342 e. The molecule has 1 saturated heterocycles. The molecule has 0 aromatic carbocycles. The van der Waals surface area contributed by atoms with Gasteiger partial charge in [0.1, 0.15) is 6.26 Å². The summed E-state index contributed by atoms with van der Waals surface area (Å²) < 4.78 is 4.72. The molecule has 4 nitrogen and oxygen atoms in total. The number of nitrogens with zero attached hydrogens (tertiary/aromatic N) is 1. The fourth-order valence-electron chi connectivity index (χ4n) is 1.15. The average molecular weight is 207 g/mol. The Bertz CT molecular complexity index is 331. The monoisotopic (exact) mass is 207 g/mol. The topological polar surface area (TPSA) is 46.6 Å². The zero-order valence-electron chi connectivity index (χ0n) is 8.44. The predicted octanol–water partition coefficient (Wildman–Crippen LogP) is 1.37. The van der Waals surface area contributed by atoms with Gasteiger partial charge in [0, 0.05) is 19.2 Å². The maximum Gasteiger partial charge on any atom is 0.342 e. The van der Waals surface area contributed by atoms with E-state index in [0.717, 1.165) is 6.42 Å². The van der Waals surface area contributed by atoms with E-state index in [4.69, 9.17) is 4.74 Å². The first-order chi connectivity index (χ1) is 7.15. The van der Waals surface area contributed by atoms with Crippen molar-refractivity contribution < 1.29 is 14.3 Å². The Hall–Kier alpha value is -1.84. The van der Waals surface area contributed by atoms with E-state index < -0.39 is 5.97 Å². The van der Waals surface area contributed by atoms with Crippen molar-refractivity contribution in [1.82, 2.24) is 4.90 Å². The maximum absolute atomic E-state index is 11.1. The second-order valence-electron chi connectivity index (χ2n) is 3.11. The van der Waals surface area contributed by atoms with Gasteiger partial charge in [-0.3, -0.25) is 4.79 Å². The lowest BCUT2D eigenvalue weighted by Gasteiger charge is -2.07. The molecule has 0 N–H and O–H groups in total. The van der Waals surface area contributed by atoms with Crippen molar-refractivity contribution in [2.45, 2.75) is 12.8 Å². The molecule has 0 radical (unpaired) electrons. The first kappa shape index (κ1) is 11.2. The number of hydrogen-bond donors (Lipinski definition) is 0. The highest BCUT2D eigenvalue weighted by molar-refractivity contribution is 5.91. The fraction of sp³-hybridized carbons (Fsp3) is 0.273. The lowest BCUT2D eigenvalue weighted by Crippen LogP contribution is -2.17. The van der Waals surface area contributed by atoms with Crippen LogP contribution < -0.4 is 0 Å². The number of carbonyl (C=O) groups excluding carboxylic acids is 2. The molecule has 4 heteroatoms. The van der Waals surface area contributed by atoms with Gasteiger partial charge in [-0.25, -0.2) is 4.79 Å². The summed E-state index contributed by atoms with van der Waals surface area (Å²) in [4.78, 5) is 23.7. The predicted molar refractivity (Wildman–Crippen MR) is 55.5 cm³/mol. The van der Waals surface area contributed by atoms with E-state index in [1.54, 1.807) is 0 Å². The molecule has 80 valence electrons. The van der Waals surface area contributed by atoms with Gasteiger partial charge in [-0.1, -0.05) is 19.2 Å². The standard InChI is InChI=1S/C11H13NO3/c1-3-9(2)11(14)15-8-7-12-6-4-5-10(12)13/h3,7-8H,1-2,4-6H2. The lowest BCUT2D eigenvalue weighted by molar-refractivity contribution is -0.133. The zero-order valence-corrected chi connectivity index (χ0v) is 8.44. The van der Waals surface area contributed by atoms with Crippen molar-refractivity contribution in [2.75, 3.05) is 6.54 Å². The molecule has 1 amide bonds. The largest absolute Gasteiger partial charge is 0.429 e. The number of carbonyl (C=O) groups is 2. The van der Waals surface area contributed by atoms with Crippen LogP contribution in [0.5, 0.6) is 0 Å². The minimum atomic E-state index is -0.562. The van der Waals surface area contributed by atoms with Crippen LogP contribution in [0.2, 0.25) is 0 Å². The number of ether oxygens (including phenoxy) is 1. The van der Waals surface area contributed by atoms with Gasteiger partial charge in [-0.05, 0) is 6.42 Å². The highest BCUT2D eigenvalue weighted by atomic mass is 16.5. The lowest BCUT2D eigenvalue weighted by atomic mass is 10.3. The summed E-state index contributed by atoms with van der Waals surface area (Å²) in [6, 6.07) is 0. The molecule has 0 bridgehead atoms. The Balaban J connectivity index is 2.39. The molecule has 0 atom stereocenters. The van der Waals surface area contributed by atoms with Gasteiger partial charge < -0.3 is 9.64 Å². The van der Waals surface area contributed by atoms with E-state index in [-0.39, 0.29) is 11.5 Å². The molecule has 0 aliphatic carbocycles. The van der Waals surface area contributed by atoms with Crippen LogP contribution in [-0.4, -0.2) is 23.3 Å². The molecule has 0 saturated carbocycles. The Labute approximate surface area is 88.5 Å². The third-order valence-corrected chi connectivity index (χ3v) is 2.03. The van der Waals surface area contributed by atoms with Crippen molar-refractivity contribution in [3.8, 4) is 0 Å². The Morgan fingerprint density at radius 3 is 2.80 bits per heavy atom. The molecule has 1 aliphatic heterocycles. The fourth-order valence-corrected chi connectivity index (χ4v) is 1.15. The summed E-state index contributed by atoms with van der Waals surface area (Å²) in [5.41, 5.74) is 0.187. The third-order valence-electron chi connectivity index (χ3n) is 2.03. The highest BCUT2D eigenvalue weighted by Crippen LogP contribution is 2.09. The van der Waals surface area contributed by atoms with E-state index in [1.807, 2.05) is 0 Å². The molecule has 1 rings (SSSR count). The molecule has 1 fully saturated rings. The molecule has 0 aromatic rings. The highest BCUT2D eigenvalue weighted by Gasteiger charge is 2.17. The molecule has 1 heterocycles. The number of esters is 1. The Morgan fingerprint density at radius 2 is 2.27 bits per heavy atom. The maximum atomic E-state index is 11.1. The number of rotatable bonds is 4. The van der Waals surface area contributed by atoms with Crippen LogP contribution in [0, 0.1) is 0 Å². The van der Waals surface area contributed by atoms with Gasteiger partial charge in [0.2, 0.25) is 5.91 Å². The van der Waals surface area contributed by atoms with Crippen molar-refractivity contribution in [3.05, 3.63) is 37.3 Å². The van der Waals surface area contributed by atoms with Crippen LogP contribution in [-0.2, 0) is 14.3 Å². The summed E-state index contributed by atoms with van der Waals surface area (Å²) in [6.07, 6.45) is 5.37. The molecule has 15 heavy (non-hydrogen) atoms. The minimum absolute atomic E-state index is 0.0462. The quantitative estimate of drug-likeness (QED) is 0.303. The van der Waals surface area contributed by atoms with Crippen molar-refractivity contribution in [2.24, 2.45) is 0 Å². The normalized spacial score (nSPS) is 15.7. The van der Waals surface area contributed by atoms with Gasteiger partial charge in [0.05, 0.1) is 5.57 Å². The van der Waals surface area contributed by atoms with Crippen LogP contribution in [0.3, 0.4) is 0 Å². The Morgan fingerprint density at radius 1 is 1.53 bits per heavy atom. The van der Waals surface area contributed by atoms with E-state index in [0.29, 0.717) is 13.0 Å². The number of likely N-dealkylation sites (tertiary alicyclic amines) is 1. The van der Waals surface area contributed by atoms with Crippen molar-refractivity contribution in [1.29, 1.82) is 0 Å². The summed E-state index contributed by atoms with van der Waals surface area (Å²) >= 11 is 0. The van der Waals surface area contributed by atoms with Crippen molar-refractivity contribution >= 4 is 11.9 Å². The molecule has 0 unspecified atom stereocenters. The van der Waals surface area contributed by atoms with E-state index in [9.17, 15) is 9.59 Å². The summed E-state index contributed by atoms with van der Waals surface area (Å²) in [5.74, 6) is -0.516. The van der Waals surface area contributed by atoms with Gasteiger partial charge in [0.15, 0.2) is 0 Å². The summed E-state index contributed by atoms with van der Waals surface area (Å²) in [7, 11) is 0. The molecule has 1 aliphatic rings. The second kappa shape index (κ2) is 5.14. The molecular weight excluding hydrogens is 194 g/mol. The van der Waals surface area contributed by atoms with E-state index >= 15 is 0 Å². The van der Waals surface area contributed by atoms with E-state index in [2.05, 4.69) is 13.2 Å². The molecular formula is C11H13NO3. The van der Waals surface area contributed by atoms with E-state index in [1.165, 1.54) is 23.4 Å². The SMILES string of the molecule is C=CC(=C)C(=O)OC=CN1CCCC1=O. The van der Waals surface area contributed by atoms with Gasteiger partial charge in [0.25, 0.3) is 0 Å². The van der Waals surface area contributed by atoms with Gasteiger partial charge in [-0.2, -0.15) is 0 Å². The van der Waals surface area contributed by atoms with Crippen LogP contribution in [0.1, 0.15) is 12.8 Å². The zero-order chi connectivity index (χ0) is 11.3. The summed E-state index contributed by atoms with van der Waals surface area (Å²) in [5, 5.41) is 0.